The lowest BCUT2D eigenvalue weighted by molar-refractivity contribution is 0.669. The van der Waals surface area contributed by atoms with Gasteiger partial charge in [0.15, 0.2) is 5.82 Å². The van der Waals surface area contributed by atoms with E-state index >= 15 is 0 Å². The Morgan fingerprint density at radius 3 is 1.53 bits per heavy atom. The highest BCUT2D eigenvalue weighted by Crippen LogP contribution is 2.45. The van der Waals surface area contributed by atoms with Crippen LogP contribution in [0.25, 0.3) is 144 Å². The number of nitrogens with zero attached hydrogens (tertiary/aromatic N) is 8. The fourth-order valence-electron chi connectivity index (χ4n) is 10.6. The molecule has 0 atom stereocenters. The van der Waals surface area contributed by atoms with E-state index in [1.807, 2.05) is 30.3 Å². The fourth-order valence-corrected chi connectivity index (χ4v) is 10.6. The Balaban J connectivity index is 1.22. The maximum atomic E-state index is 10.5. The topological polar surface area (TPSA) is 95.3 Å². The highest BCUT2D eigenvalue weighted by molar-refractivity contribution is 6.25. The van der Waals surface area contributed by atoms with Gasteiger partial charge in [0.1, 0.15) is 11.2 Å². The van der Waals surface area contributed by atoms with E-state index in [0.717, 1.165) is 4.57 Å². The summed E-state index contributed by atoms with van der Waals surface area (Å²) in [5.41, 5.74) is -0.940. The molecule has 73 heavy (non-hydrogen) atoms. The average Bonchev–Trinajstić information content (AvgIpc) is 1.55. The normalized spacial score (nSPS) is 15.5. The summed E-state index contributed by atoms with van der Waals surface area (Å²) in [6.07, 6.45) is 0. The number of para-hydroxylation sites is 7. The minimum Gasteiger partial charge on any atom is -0.456 e. The molecular formula is C64H36N8O. The molecule has 10 aromatic carbocycles. The summed E-state index contributed by atoms with van der Waals surface area (Å²) in [5.74, 6) is -1.36. The summed E-state index contributed by atoms with van der Waals surface area (Å²) in [4.78, 5) is 15.7. The first-order valence-corrected chi connectivity index (χ1v) is 22.9. The van der Waals surface area contributed by atoms with Crippen LogP contribution in [-0.4, -0.2) is 33.2 Å². The lowest BCUT2D eigenvalue weighted by atomic mass is 10.1. The van der Waals surface area contributed by atoms with E-state index < -0.39 is 165 Å². The first-order chi connectivity index (χ1) is 43.7. The number of fused-ring (bicyclic) bond motifs is 16. The van der Waals surface area contributed by atoms with E-state index in [1.54, 1.807) is 89.5 Å². The van der Waals surface area contributed by atoms with Crippen molar-refractivity contribution in [1.82, 2.24) is 33.2 Å². The number of furan rings is 1. The number of benzene rings is 10. The van der Waals surface area contributed by atoms with Gasteiger partial charge in [-0.15, -0.1) is 0 Å². The summed E-state index contributed by atoms with van der Waals surface area (Å²) in [5, 5.41) is 12.8. The van der Waals surface area contributed by atoms with E-state index in [0.29, 0.717) is 54.5 Å². The van der Waals surface area contributed by atoms with Crippen LogP contribution in [-0.2, 0) is 0 Å². The van der Waals surface area contributed by atoms with E-state index in [9.17, 15) is 23.1 Å². The molecule has 0 saturated heterocycles. The molecule has 0 bridgehead atoms. The highest BCUT2D eigenvalue weighted by Gasteiger charge is 2.28. The third kappa shape index (κ3) is 5.46. The van der Waals surface area contributed by atoms with E-state index in [4.69, 9.17) is 26.2 Å². The monoisotopic (exact) mass is 950 g/mol. The van der Waals surface area contributed by atoms with Gasteiger partial charge < -0.3 is 13.6 Å². The first kappa shape index (κ1) is 26.1. The minimum atomic E-state index is -0.836. The van der Waals surface area contributed by atoms with Gasteiger partial charge in [0, 0.05) is 48.5 Å². The largest absolute Gasteiger partial charge is 0.456 e. The van der Waals surface area contributed by atoms with Crippen molar-refractivity contribution >= 4 is 109 Å². The van der Waals surface area contributed by atoms with Crippen molar-refractivity contribution in [3.63, 3.8) is 0 Å². The average molecular weight is 951 g/mol. The number of rotatable bonds is 5. The van der Waals surface area contributed by atoms with Gasteiger partial charge in [0.05, 0.1) is 103 Å². The van der Waals surface area contributed by atoms with Crippen LogP contribution in [0.2, 0.25) is 0 Å². The van der Waals surface area contributed by atoms with Gasteiger partial charge in [0.2, 0.25) is 11.9 Å². The van der Waals surface area contributed by atoms with Gasteiger partial charge in [-0.1, -0.05) is 133 Å². The second kappa shape index (κ2) is 14.9. The van der Waals surface area contributed by atoms with E-state index in [-0.39, 0.29) is 38.5 Å². The molecule has 6 heterocycles. The predicted molar refractivity (Wildman–Crippen MR) is 295 cm³/mol. The molecule has 0 spiro atoms. The number of nitriles is 1. The lowest BCUT2D eigenvalue weighted by Crippen LogP contribution is -2.12. The number of hydrogen-bond donors (Lipinski definition) is 0. The van der Waals surface area contributed by atoms with Crippen LogP contribution in [0.15, 0.2) is 222 Å². The maximum Gasteiger partial charge on any atom is 0.240 e. The molecule has 0 saturated carbocycles. The van der Waals surface area contributed by atoms with Crippen LogP contribution in [0.1, 0.15) is 30.2 Å². The summed E-state index contributed by atoms with van der Waals surface area (Å²) in [7, 11) is 0. The van der Waals surface area contributed by atoms with Crippen molar-refractivity contribution in [2.75, 3.05) is 0 Å². The Bertz CT molecular complexity index is 6020. The van der Waals surface area contributed by atoms with Crippen LogP contribution in [0.5, 0.6) is 0 Å². The smallest absolute Gasteiger partial charge is 0.240 e. The van der Waals surface area contributed by atoms with Crippen molar-refractivity contribution in [2.24, 2.45) is 0 Å². The standard InChI is InChI=1S/C64H36N8O/c65-37-38-32-34-54-47(36-38)44-21-6-8-23-48(44)69(54)55-29-15-30-56(70-49-24-9-5-20-43(49)45-33-35-58-59(61(45)70)46-22-7-14-31-57(46)73-58)60(55)62-66-63(71-50-25-10-1-16-39(50)40-17-2-11-26-51(40)71)68-64(67-62)72-52-27-12-3-18-41(52)42-19-4-13-28-53(42)72/h1-36H/i1D,3D,6D,8D,10D,12D,15D,16D,18D,21D,23D,25D,27D,29D,30D,32D,34D,36D. The Kier molecular flexibility index (Phi) is 5.30. The lowest BCUT2D eigenvalue weighted by Gasteiger charge is -2.20. The van der Waals surface area contributed by atoms with Crippen LogP contribution in [0, 0.1) is 11.3 Å². The molecule has 0 aliphatic rings. The van der Waals surface area contributed by atoms with Crippen LogP contribution >= 0.6 is 0 Å². The predicted octanol–water partition coefficient (Wildman–Crippen LogP) is 15.7. The molecule has 0 aliphatic carbocycles. The van der Waals surface area contributed by atoms with E-state index in [2.05, 4.69) is 0 Å². The summed E-state index contributed by atoms with van der Waals surface area (Å²) < 4.78 is 183. The Morgan fingerprint density at radius 2 is 0.904 bits per heavy atom. The zero-order chi connectivity index (χ0) is 63.6. The van der Waals surface area contributed by atoms with Gasteiger partial charge in [0.25, 0.3) is 0 Å². The Hall–Kier alpha value is -10.3. The SMILES string of the molecule is [2H]c1c([2H])c(-n2c3c([2H])c([2H])c([2H])c([2H])c3c3c([2H])c(C#N)c([2H])c([2H])c32)c(-c2nc(-n3c4ccccc4c4c([2H])c([2H])c([2H])c([2H])c43)nc(-n3c4ccccc4c4c([2H])c([2H])c([2H])c([2H])c43)n2)c(-n2c3ccccc3c3ccc4oc5ccccc5c4c32)c1[2H]. The van der Waals surface area contributed by atoms with Gasteiger partial charge in [-0.25, -0.2) is 0 Å². The van der Waals surface area contributed by atoms with Crippen molar-refractivity contribution in [3.8, 4) is 40.7 Å². The quantitative estimate of drug-likeness (QED) is 0.171. The first-order valence-electron chi connectivity index (χ1n) is 31.9. The van der Waals surface area contributed by atoms with Crippen molar-refractivity contribution in [2.45, 2.75) is 0 Å². The number of hydrogen-bond acceptors (Lipinski definition) is 5. The van der Waals surface area contributed by atoms with Gasteiger partial charge in [-0.05, 0) is 84.7 Å². The van der Waals surface area contributed by atoms with Gasteiger partial charge in [-0.3, -0.25) is 9.13 Å². The molecule has 0 unspecified atom stereocenters. The van der Waals surface area contributed by atoms with Crippen molar-refractivity contribution in [3.05, 3.63) is 224 Å². The third-order valence-electron chi connectivity index (χ3n) is 13.6. The van der Waals surface area contributed by atoms with E-state index in [1.165, 1.54) is 9.13 Å². The maximum absolute atomic E-state index is 10.5. The molecule has 0 aliphatic heterocycles. The van der Waals surface area contributed by atoms with Gasteiger partial charge >= 0.3 is 0 Å². The van der Waals surface area contributed by atoms with Crippen LogP contribution in [0.4, 0.5) is 0 Å². The molecule has 0 fully saturated rings. The molecule has 16 aromatic rings. The molecule has 16 rings (SSSR count). The highest BCUT2D eigenvalue weighted by atomic mass is 16.3. The zero-order valence-electron chi connectivity index (χ0n) is 55.4. The number of aromatic nitrogens is 7. The fraction of sp³-hybridized carbons (Fsp3) is 0. The summed E-state index contributed by atoms with van der Waals surface area (Å²) in [6.45, 7) is 0. The second-order valence-corrected chi connectivity index (χ2v) is 17.3. The van der Waals surface area contributed by atoms with Gasteiger partial charge in [-0.2, -0.15) is 20.2 Å². The van der Waals surface area contributed by atoms with Crippen LogP contribution in [0.3, 0.4) is 0 Å². The molecule has 6 aromatic heterocycles. The third-order valence-corrected chi connectivity index (χ3v) is 13.6. The zero-order valence-corrected chi connectivity index (χ0v) is 37.4. The molecule has 0 amide bonds. The molecule has 0 radical (unpaired) electrons. The Labute approximate surface area is 440 Å². The summed E-state index contributed by atoms with van der Waals surface area (Å²) >= 11 is 0. The molecule has 9 heteroatoms. The molecular weight excluding hydrogens is 897 g/mol. The summed E-state index contributed by atoms with van der Waals surface area (Å²) in [6, 6.07) is 21.2. The molecule has 338 valence electrons. The molecule has 9 nitrogen and oxygen atoms in total. The van der Waals surface area contributed by atoms with Crippen molar-refractivity contribution < 1.29 is 29.1 Å². The second-order valence-electron chi connectivity index (χ2n) is 17.3. The minimum absolute atomic E-state index is 0.0519. The molecule has 0 N–H and O–H groups in total. The van der Waals surface area contributed by atoms with Crippen molar-refractivity contribution in [1.29, 1.82) is 5.26 Å². The Morgan fingerprint density at radius 1 is 0.397 bits per heavy atom. The van der Waals surface area contributed by atoms with Crippen LogP contribution < -0.4 is 0 Å².